The van der Waals surface area contributed by atoms with E-state index in [2.05, 4.69) is 15.4 Å². The zero-order chi connectivity index (χ0) is 19.6. The second-order valence-electron chi connectivity index (χ2n) is 5.40. The Kier molecular flexibility index (Phi) is 5.26. The van der Waals surface area contributed by atoms with Crippen molar-refractivity contribution >= 4 is 23.2 Å². The zero-order valence-electron chi connectivity index (χ0n) is 13.3. The Morgan fingerprint density at radius 2 is 1.89 bits per heavy atom. The molecule has 1 heterocycles. The maximum atomic E-state index is 13.2. The van der Waals surface area contributed by atoms with Crippen LogP contribution in [-0.4, -0.2) is 15.4 Å². The van der Waals surface area contributed by atoms with E-state index in [1.165, 1.54) is 12.1 Å². The fraction of sp³-hybridized carbons (Fsp3) is 0.118. The summed E-state index contributed by atoms with van der Waals surface area (Å²) < 4.78 is 45.2. The van der Waals surface area contributed by atoms with Crippen LogP contribution in [0.3, 0.4) is 0 Å². The summed E-state index contributed by atoms with van der Waals surface area (Å²) in [6, 6.07) is 9.57. The number of ether oxygens (including phenoxy) is 1. The molecule has 0 spiro atoms. The van der Waals surface area contributed by atoms with Gasteiger partial charge in [0.05, 0.1) is 5.56 Å². The Hall–Kier alpha value is -2.76. The molecule has 0 amide bonds. The summed E-state index contributed by atoms with van der Waals surface area (Å²) in [4.78, 5) is 0. The van der Waals surface area contributed by atoms with Crippen LogP contribution in [-0.2, 0) is 12.8 Å². The van der Waals surface area contributed by atoms with Gasteiger partial charge in [0.2, 0.25) is 0 Å². The quantitative estimate of drug-likeness (QED) is 0.634. The number of nitriles is 1. The summed E-state index contributed by atoms with van der Waals surface area (Å²) in [6.45, 7) is -0.0688. The van der Waals surface area contributed by atoms with Crippen molar-refractivity contribution in [1.29, 1.82) is 5.26 Å². The van der Waals surface area contributed by atoms with Gasteiger partial charge >= 0.3 is 6.18 Å². The number of benzene rings is 2. The number of hydrogen-bond donors (Lipinski definition) is 1. The molecule has 0 saturated carbocycles. The van der Waals surface area contributed by atoms with Crippen LogP contribution < -0.4 is 4.74 Å². The van der Waals surface area contributed by atoms with Crippen LogP contribution >= 0.6 is 23.2 Å². The minimum absolute atomic E-state index is 0.00187. The minimum atomic E-state index is -4.61. The normalized spacial score (nSPS) is 11.3. The Labute approximate surface area is 161 Å². The molecular weight excluding hydrogens is 404 g/mol. The first-order valence-corrected chi connectivity index (χ1v) is 8.14. The fourth-order valence-corrected chi connectivity index (χ4v) is 2.76. The van der Waals surface area contributed by atoms with Crippen molar-refractivity contribution in [3.8, 4) is 23.1 Å². The highest BCUT2D eigenvalue weighted by atomic mass is 35.5. The standard InChI is InChI=1S/C17H9Cl2F3N4O/c18-12-2-1-9(14(19)6-12)8-27-13-4-10(3-11(5-13)17(20,21)22)16-15(7-23)24-26-25-16/h1-6H,8H2,(H,24,25,26). The molecule has 5 nitrogen and oxygen atoms in total. The number of halogens is 5. The minimum Gasteiger partial charge on any atom is -0.489 e. The van der Waals surface area contributed by atoms with Gasteiger partial charge in [-0.25, -0.2) is 0 Å². The summed E-state index contributed by atoms with van der Waals surface area (Å²) in [5.74, 6) is -0.0577. The Bertz CT molecular complexity index is 1030. The van der Waals surface area contributed by atoms with Crippen molar-refractivity contribution in [2.45, 2.75) is 12.8 Å². The van der Waals surface area contributed by atoms with Crippen LogP contribution in [0, 0.1) is 11.3 Å². The fourth-order valence-electron chi connectivity index (χ4n) is 2.29. The smallest absolute Gasteiger partial charge is 0.416 e. The molecule has 1 N–H and O–H groups in total. The number of H-pyrrole nitrogens is 1. The van der Waals surface area contributed by atoms with Crippen molar-refractivity contribution in [3.63, 3.8) is 0 Å². The molecule has 0 aliphatic carbocycles. The molecular formula is C17H9Cl2F3N4O. The van der Waals surface area contributed by atoms with Gasteiger partial charge in [-0.2, -0.15) is 28.7 Å². The van der Waals surface area contributed by atoms with E-state index in [0.717, 1.165) is 12.1 Å². The lowest BCUT2D eigenvalue weighted by atomic mass is 10.1. The van der Waals surface area contributed by atoms with Crippen molar-refractivity contribution < 1.29 is 17.9 Å². The number of aromatic amines is 1. The molecule has 0 bridgehead atoms. The number of rotatable bonds is 4. The molecule has 0 radical (unpaired) electrons. The summed E-state index contributed by atoms with van der Waals surface area (Å²) in [5.41, 5.74) is -0.463. The molecule has 2 aromatic carbocycles. The largest absolute Gasteiger partial charge is 0.489 e. The zero-order valence-corrected chi connectivity index (χ0v) is 14.8. The van der Waals surface area contributed by atoms with Crippen LogP contribution in [0.4, 0.5) is 13.2 Å². The van der Waals surface area contributed by atoms with Crippen molar-refractivity contribution in [2.24, 2.45) is 0 Å². The first-order valence-electron chi connectivity index (χ1n) is 7.38. The lowest BCUT2D eigenvalue weighted by molar-refractivity contribution is -0.137. The van der Waals surface area contributed by atoms with Crippen LogP contribution in [0.1, 0.15) is 16.8 Å². The average molecular weight is 413 g/mol. The molecule has 0 aliphatic rings. The lowest BCUT2D eigenvalue weighted by Crippen LogP contribution is -2.06. The van der Waals surface area contributed by atoms with E-state index < -0.39 is 11.7 Å². The maximum absolute atomic E-state index is 13.2. The third-order valence-electron chi connectivity index (χ3n) is 3.57. The molecule has 1 aromatic heterocycles. The van der Waals surface area contributed by atoms with E-state index in [4.69, 9.17) is 33.2 Å². The van der Waals surface area contributed by atoms with Crippen LogP contribution in [0.25, 0.3) is 11.3 Å². The van der Waals surface area contributed by atoms with Crippen LogP contribution in [0.2, 0.25) is 10.0 Å². The molecule has 10 heteroatoms. The number of aromatic nitrogens is 3. The van der Waals surface area contributed by atoms with Crippen LogP contribution in [0.5, 0.6) is 5.75 Å². The highest BCUT2D eigenvalue weighted by Crippen LogP contribution is 2.36. The number of nitrogens with zero attached hydrogens (tertiary/aromatic N) is 3. The first-order chi connectivity index (χ1) is 12.8. The number of alkyl halides is 3. The maximum Gasteiger partial charge on any atom is 0.416 e. The van der Waals surface area contributed by atoms with E-state index in [1.807, 2.05) is 0 Å². The molecule has 0 atom stereocenters. The van der Waals surface area contributed by atoms with Crippen LogP contribution in [0.15, 0.2) is 36.4 Å². The first kappa shape index (κ1) is 19.0. The van der Waals surface area contributed by atoms with Crippen molar-refractivity contribution in [2.75, 3.05) is 0 Å². The van der Waals surface area contributed by atoms with Gasteiger partial charge < -0.3 is 4.74 Å². The summed E-state index contributed by atoms with van der Waals surface area (Å²) in [6.07, 6.45) is -4.61. The summed E-state index contributed by atoms with van der Waals surface area (Å²) in [7, 11) is 0. The highest BCUT2D eigenvalue weighted by Gasteiger charge is 2.32. The molecule has 138 valence electrons. The van der Waals surface area contributed by atoms with Gasteiger partial charge in [-0.05, 0) is 30.3 Å². The van der Waals surface area contributed by atoms with E-state index >= 15 is 0 Å². The average Bonchev–Trinajstić information content (AvgIpc) is 3.09. The van der Waals surface area contributed by atoms with E-state index in [-0.39, 0.29) is 29.3 Å². The Balaban J connectivity index is 1.97. The predicted octanol–water partition coefficient (Wildman–Crippen LogP) is 5.25. The molecule has 0 unspecified atom stereocenters. The van der Waals surface area contributed by atoms with Gasteiger partial charge in [0.25, 0.3) is 0 Å². The van der Waals surface area contributed by atoms with Gasteiger partial charge in [-0.3, -0.25) is 0 Å². The predicted molar refractivity (Wildman–Crippen MR) is 92.3 cm³/mol. The molecule has 0 saturated heterocycles. The number of hydrogen-bond acceptors (Lipinski definition) is 4. The molecule has 27 heavy (non-hydrogen) atoms. The highest BCUT2D eigenvalue weighted by molar-refractivity contribution is 6.35. The second kappa shape index (κ2) is 7.47. The van der Waals surface area contributed by atoms with E-state index in [1.54, 1.807) is 18.2 Å². The molecule has 0 aliphatic heterocycles. The van der Waals surface area contributed by atoms with Gasteiger partial charge in [-0.1, -0.05) is 29.3 Å². The summed E-state index contributed by atoms with van der Waals surface area (Å²) in [5, 5.41) is 19.3. The third kappa shape index (κ3) is 4.32. The molecule has 3 aromatic rings. The van der Waals surface area contributed by atoms with Gasteiger partial charge in [0, 0.05) is 21.2 Å². The molecule has 0 fully saturated rings. The topological polar surface area (TPSA) is 74.6 Å². The molecule has 3 rings (SSSR count). The SMILES string of the molecule is N#Cc1n[nH]nc1-c1cc(OCc2ccc(Cl)cc2Cl)cc(C(F)(F)F)c1. The monoisotopic (exact) mass is 412 g/mol. The van der Waals surface area contributed by atoms with E-state index in [9.17, 15) is 13.2 Å². The van der Waals surface area contributed by atoms with E-state index in [0.29, 0.717) is 15.6 Å². The van der Waals surface area contributed by atoms with Crippen molar-refractivity contribution in [3.05, 3.63) is 63.3 Å². The Morgan fingerprint density at radius 1 is 1.11 bits per heavy atom. The van der Waals surface area contributed by atoms with Crippen molar-refractivity contribution in [1.82, 2.24) is 15.4 Å². The number of nitrogens with one attached hydrogen (secondary N) is 1. The lowest BCUT2D eigenvalue weighted by Gasteiger charge is -2.13. The Morgan fingerprint density at radius 3 is 2.56 bits per heavy atom. The van der Waals surface area contributed by atoms with Gasteiger partial charge in [0.15, 0.2) is 5.69 Å². The van der Waals surface area contributed by atoms with Gasteiger partial charge in [-0.15, -0.1) is 5.10 Å². The van der Waals surface area contributed by atoms with Gasteiger partial charge in [0.1, 0.15) is 24.1 Å². The third-order valence-corrected chi connectivity index (χ3v) is 4.16. The second-order valence-corrected chi connectivity index (χ2v) is 6.24. The summed E-state index contributed by atoms with van der Waals surface area (Å²) >= 11 is 11.9.